The molecule has 0 aliphatic heterocycles. The summed E-state index contributed by atoms with van der Waals surface area (Å²) in [6.07, 6.45) is 5.37. The lowest BCUT2D eigenvalue weighted by molar-refractivity contribution is 0.420. The maximum atomic E-state index is 11.7. The van der Waals surface area contributed by atoms with Crippen LogP contribution in [-0.4, -0.2) is 24.3 Å². The van der Waals surface area contributed by atoms with Gasteiger partial charge in [-0.25, -0.2) is 0 Å². The zero-order valence-corrected chi connectivity index (χ0v) is 15.3. The van der Waals surface area contributed by atoms with Gasteiger partial charge in [0.15, 0.2) is 5.75 Å². The molecule has 6 heteroatoms. The Bertz CT molecular complexity index is 892. The lowest BCUT2D eigenvalue weighted by Crippen LogP contribution is -2.06. The number of rotatable bonds is 5. The van der Waals surface area contributed by atoms with Crippen molar-refractivity contribution in [1.29, 1.82) is 0 Å². The molecule has 0 radical (unpaired) electrons. The van der Waals surface area contributed by atoms with Crippen molar-refractivity contribution in [2.45, 2.75) is 46.1 Å². The molecule has 1 aromatic heterocycles. The highest BCUT2D eigenvalue weighted by Crippen LogP contribution is 2.49. The first-order valence-corrected chi connectivity index (χ1v) is 9.96. The van der Waals surface area contributed by atoms with Crippen molar-refractivity contribution in [2.75, 3.05) is 6.26 Å². The van der Waals surface area contributed by atoms with Gasteiger partial charge in [-0.1, -0.05) is 24.6 Å². The molecule has 0 unspecified atom stereocenters. The van der Waals surface area contributed by atoms with Gasteiger partial charge in [-0.05, 0) is 49.8 Å². The predicted molar refractivity (Wildman–Crippen MR) is 94.1 cm³/mol. The maximum absolute atomic E-state index is 11.7. The van der Waals surface area contributed by atoms with Gasteiger partial charge in [0.25, 0.3) is 0 Å². The molecule has 2 aromatic rings. The van der Waals surface area contributed by atoms with Crippen molar-refractivity contribution >= 4 is 10.1 Å². The molecule has 1 heterocycles. The first-order chi connectivity index (χ1) is 11.2. The van der Waals surface area contributed by atoms with E-state index in [1.807, 2.05) is 26.8 Å². The van der Waals surface area contributed by atoms with Gasteiger partial charge in [0.2, 0.25) is 5.88 Å². The molecular weight excluding hydrogens is 326 g/mol. The van der Waals surface area contributed by atoms with Crippen molar-refractivity contribution in [2.24, 2.45) is 0 Å². The number of nitrogens with zero attached hydrogens (tertiary/aromatic N) is 1. The van der Waals surface area contributed by atoms with Gasteiger partial charge < -0.3 is 13.9 Å². The minimum Gasteiger partial charge on any atom is -0.494 e. The van der Waals surface area contributed by atoms with Gasteiger partial charge in [-0.2, -0.15) is 8.42 Å². The molecule has 0 atom stereocenters. The van der Waals surface area contributed by atoms with Gasteiger partial charge >= 0.3 is 10.1 Å². The van der Waals surface area contributed by atoms with Crippen LogP contribution in [0.3, 0.4) is 0 Å². The van der Waals surface area contributed by atoms with E-state index < -0.39 is 10.1 Å². The first kappa shape index (κ1) is 16.9. The molecule has 1 fully saturated rings. The number of hydrogen-bond donors (Lipinski definition) is 1. The van der Waals surface area contributed by atoms with Crippen LogP contribution in [0, 0.1) is 13.8 Å². The van der Waals surface area contributed by atoms with E-state index in [1.54, 1.807) is 10.8 Å². The first-order valence-electron chi connectivity index (χ1n) is 8.15. The van der Waals surface area contributed by atoms with E-state index in [0.717, 1.165) is 47.8 Å². The molecule has 1 aliphatic rings. The summed E-state index contributed by atoms with van der Waals surface area (Å²) in [5.41, 5.74) is 4.53. The molecule has 1 saturated carbocycles. The molecule has 0 saturated heterocycles. The van der Waals surface area contributed by atoms with Crippen molar-refractivity contribution in [1.82, 2.24) is 4.57 Å². The summed E-state index contributed by atoms with van der Waals surface area (Å²) >= 11 is 0. The van der Waals surface area contributed by atoms with Gasteiger partial charge in [0.05, 0.1) is 18.0 Å². The second-order valence-electron chi connectivity index (χ2n) is 6.59. The molecule has 3 rings (SSSR count). The Hall–Kier alpha value is -1.95. The Morgan fingerprint density at radius 1 is 1.25 bits per heavy atom. The van der Waals surface area contributed by atoms with Gasteiger partial charge in [-0.15, -0.1) is 0 Å². The zero-order valence-electron chi connectivity index (χ0n) is 14.5. The topological polar surface area (TPSA) is 68.5 Å². The minimum atomic E-state index is -3.68. The summed E-state index contributed by atoms with van der Waals surface area (Å²) in [6, 6.07) is 4.32. The van der Waals surface area contributed by atoms with E-state index in [9.17, 15) is 13.5 Å². The molecule has 24 heavy (non-hydrogen) atoms. The zero-order chi connectivity index (χ0) is 17.6. The standard InChI is InChI=1S/C18H23NO4S/c1-5-13-9-11(2)8-12(3)16(13)17-15(23-24(4,21)22)10-19(18(17)20)14-6-7-14/h8-10,14,20H,5-7H2,1-4H3. The van der Waals surface area contributed by atoms with Crippen LogP contribution in [0.5, 0.6) is 11.6 Å². The Morgan fingerprint density at radius 3 is 2.46 bits per heavy atom. The van der Waals surface area contributed by atoms with Crippen molar-refractivity contribution in [3.05, 3.63) is 35.0 Å². The number of hydrogen-bond acceptors (Lipinski definition) is 4. The lowest BCUT2D eigenvalue weighted by atomic mass is 9.92. The summed E-state index contributed by atoms with van der Waals surface area (Å²) in [4.78, 5) is 0. The van der Waals surface area contributed by atoms with E-state index in [2.05, 4.69) is 6.07 Å². The second kappa shape index (κ2) is 5.84. The third-order valence-corrected chi connectivity index (χ3v) is 4.83. The summed E-state index contributed by atoms with van der Waals surface area (Å²) in [6.45, 7) is 6.04. The highest BCUT2D eigenvalue weighted by atomic mass is 32.2. The average Bonchev–Trinajstić information content (AvgIpc) is 3.24. The molecule has 0 bridgehead atoms. The molecule has 0 spiro atoms. The van der Waals surface area contributed by atoms with Crippen molar-refractivity contribution in [3.8, 4) is 22.8 Å². The van der Waals surface area contributed by atoms with E-state index in [4.69, 9.17) is 4.18 Å². The van der Waals surface area contributed by atoms with Crippen LogP contribution in [-0.2, 0) is 16.5 Å². The normalized spacial score (nSPS) is 14.8. The van der Waals surface area contributed by atoms with Crippen LogP contribution < -0.4 is 4.18 Å². The Balaban J connectivity index is 2.27. The van der Waals surface area contributed by atoms with Gasteiger partial charge in [-0.3, -0.25) is 0 Å². The second-order valence-corrected chi connectivity index (χ2v) is 8.16. The number of aromatic hydroxyl groups is 1. The third kappa shape index (κ3) is 3.15. The van der Waals surface area contributed by atoms with Crippen LogP contribution in [0.2, 0.25) is 0 Å². The quantitative estimate of drug-likeness (QED) is 0.836. The van der Waals surface area contributed by atoms with E-state index >= 15 is 0 Å². The number of aryl methyl sites for hydroxylation is 3. The van der Waals surface area contributed by atoms with Crippen molar-refractivity contribution in [3.63, 3.8) is 0 Å². The maximum Gasteiger partial charge on any atom is 0.306 e. The molecule has 1 aromatic carbocycles. The van der Waals surface area contributed by atoms with Crippen LogP contribution in [0.15, 0.2) is 18.3 Å². The summed E-state index contributed by atoms with van der Waals surface area (Å²) in [7, 11) is -3.68. The van der Waals surface area contributed by atoms with Crippen LogP contribution in [0.1, 0.15) is 42.5 Å². The fraction of sp³-hybridized carbons (Fsp3) is 0.444. The fourth-order valence-corrected chi connectivity index (χ4v) is 3.73. The summed E-state index contributed by atoms with van der Waals surface area (Å²) in [5.74, 6) is 0.279. The van der Waals surface area contributed by atoms with Crippen LogP contribution >= 0.6 is 0 Å². The third-order valence-electron chi connectivity index (χ3n) is 4.34. The number of benzene rings is 1. The van der Waals surface area contributed by atoms with Crippen LogP contribution in [0.25, 0.3) is 11.1 Å². The largest absolute Gasteiger partial charge is 0.494 e. The molecule has 5 nitrogen and oxygen atoms in total. The fourth-order valence-electron chi connectivity index (χ4n) is 3.28. The monoisotopic (exact) mass is 349 g/mol. The Labute approximate surface area is 143 Å². The molecular formula is C18H23NO4S. The SMILES string of the molecule is CCc1cc(C)cc(C)c1-c1c(OS(C)(=O)=O)cn(C2CC2)c1O. The number of aromatic nitrogens is 1. The van der Waals surface area contributed by atoms with Gasteiger partial charge in [0, 0.05) is 6.04 Å². The predicted octanol–water partition coefficient (Wildman–Crippen LogP) is 3.71. The van der Waals surface area contributed by atoms with Crippen molar-refractivity contribution < 1.29 is 17.7 Å². The molecule has 130 valence electrons. The molecule has 0 amide bonds. The summed E-state index contributed by atoms with van der Waals surface area (Å²) < 4.78 is 30.3. The highest BCUT2D eigenvalue weighted by molar-refractivity contribution is 7.86. The van der Waals surface area contributed by atoms with E-state index in [-0.39, 0.29) is 17.7 Å². The smallest absolute Gasteiger partial charge is 0.306 e. The summed E-state index contributed by atoms with van der Waals surface area (Å²) in [5, 5.41) is 10.8. The highest BCUT2D eigenvalue weighted by Gasteiger charge is 2.31. The Morgan fingerprint density at radius 2 is 1.92 bits per heavy atom. The minimum absolute atomic E-state index is 0.0813. The lowest BCUT2D eigenvalue weighted by Gasteiger charge is -2.14. The molecule has 1 N–H and O–H groups in total. The van der Waals surface area contributed by atoms with Crippen LogP contribution in [0.4, 0.5) is 0 Å². The van der Waals surface area contributed by atoms with E-state index in [1.165, 1.54) is 0 Å². The average molecular weight is 349 g/mol. The Kier molecular flexibility index (Phi) is 4.11. The van der Waals surface area contributed by atoms with E-state index in [0.29, 0.717) is 5.56 Å². The van der Waals surface area contributed by atoms with Gasteiger partial charge in [0.1, 0.15) is 0 Å². The molecule has 1 aliphatic carbocycles.